The molecule has 0 spiro atoms. The number of hydrogen-bond donors (Lipinski definition) is 3. The molecule has 1 aromatic carbocycles. The van der Waals surface area contributed by atoms with Crippen molar-refractivity contribution in [1.29, 1.82) is 0 Å². The van der Waals surface area contributed by atoms with Crippen molar-refractivity contribution in [1.82, 2.24) is 10.3 Å². The number of nitrogens with zero attached hydrogens (tertiary/aromatic N) is 1. The number of aromatic nitrogens is 1. The van der Waals surface area contributed by atoms with E-state index in [4.69, 9.17) is 0 Å². The van der Waals surface area contributed by atoms with E-state index < -0.39 is 0 Å². The second kappa shape index (κ2) is 7.75. The van der Waals surface area contributed by atoms with Crippen LogP contribution >= 0.6 is 11.3 Å². The highest BCUT2D eigenvalue weighted by molar-refractivity contribution is 7.17. The molecule has 1 amide bonds. The largest absolute Gasteiger partial charge is 0.394 e. The van der Waals surface area contributed by atoms with E-state index in [1.54, 1.807) is 6.20 Å². The summed E-state index contributed by atoms with van der Waals surface area (Å²) in [6.45, 7) is 2.64. The fourth-order valence-electron chi connectivity index (χ4n) is 1.93. The van der Waals surface area contributed by atoms with Crippen LogP contribution in [0.25, 0.3) is 0 Å². The lowest BCUT2D eigenvalue weighted by Crippen LogP contribution is -2.38. The Morgan fingerprint density at radius 3 is 2.81 bits per heavy atom. The van der Waals surface area contributed by atoms with Gasteiger partial charge in [0.05, 0.1) is 18.8 Å². The number of carbonyl (C=O) groups is 1. The maximum Gasteiger partial charge on any atom is 0.263 e. The average molecular weight is 305 g/mol. The van der Waals surface area contributed by atoms with Crippen molar-refractivity contribution < 1.29 is 9.90 Å². The lowest BCUT2D eigenvalue weighted by molar-refractivity contribution is 0.0920. The third-order valence-corrected chi connectivity index (χ3v) is 3.89. The number of anilines is 1. The van der Waals surface area contributed by atoms with Crippen molar-refractivity contribution in [2.45, 2.75) is 19.4 Å². The predicted octanol–water partition coefficient (Wildman–Crippen LogP) is 1.91. The zero-order valence-corrected chi connectivity index (χ0v) is 12.7. The average Bonchev–Trinajstić information content (AvgIpc) is 2.97. The van der Waals surface area contributed by atoms with Crippen molar-refractivity contribution >= 4 is 22.4 Å². The maximum atomic E-state index is 12.1. The third kappa shape index (κ3) is 4.54. The molecule has 1 aromatic heterocycles. The summed E-state index contributed by atoms with van der Waals surface area (Å²) in [5.41, 5.74) is 1.08. The molecule has 3 N–H and O–H groups in total. The molecule has 0 aliphatic rings. The molecular formula is C15H19N3O2S. The number of benzene rings is 1. The molecule has 0 fully saturated rings. The van der Waals surface area contributed by atoms with Crippen LogP contribution in [0.3, 0.4) is 0 Å². The van der Waals surface area contributed by atoms with Gasteiger partial charge in [-0.15, -0.1) is 0 Å². The summed E-state index contributed by atoms with van der Waals surface area (Å²) in [6.07, 6.45) is 2.15. The summed E-state index contributed by atoms with van der Waals surface area (Å²) in [5.74, 6) is -0.202. The van der Waals surface area contributed by atoms with Gasteiger partial charge in [0.15, 0.2) is 5.13 Å². The van der Waals surface area contributed by atoms with Crippen LogP contribution in [-0.4, -0.2) is 35.2 Å². The van der Waals surface area contributed by atoms with Gasteiger partial charge in [-0.3, -0.25) is 4.79 Å². The van der Waals surface area contributed by atoms with Crippen LogP contribution < -0.4 is 10.6 Å². The number of amides is 1. The van der Waals surface area contributed by atoms with Crippen molar-refractivity contribution in [3.8, 4) is 0 Å². The second-order valence-electron chi connectivity index (χ2n) is 4.60. The highest BCUT2D eigenvalue weighted by Crippen LogP contribution is 2.17. The van der Waals surface area contributed by atoms with Crippen molar-refractivity contribution in [2.24, 2.45) is 0 Å². The molecule has 0 bridgehead atoms. The van der Waals surface area contributed by atoms with Gasteiger partial charge in [0, 0.05) is 6.54 Å². The number of carbonyl (C=O) groups excluding carboxylic acids is 1. The first-order chi connectivity index (χ1) is 10.2. The van der Waals surface area contributed by atoms with Gasteiger partial charge < -0.3 is 15.7 Å². The summed E-state index contributed by atoms with van der Waals surface area (Å²) in [4.78, 5) is 16.8. The van der Waals surface area contributed by atoms with E-state index in [1.807, 2.05) is 37.3 Å². The van der Waals surface area contributed by atoms with Gasteiger partial charge in [0.2, 0.25) is 0 Å². The second-order valence-corrected chi connectivity index (χ2v) is 5.63. The molecule has 2 rings (SSSR count). The maximum absolute atomic E-state index is 12.1. The lowest BCUT2D eigenvalue weighted by Gasteiger charge is -2.15. The fourth-order valence-corrected chi connectivity index (χ4v) is 2.72. The highest BCUT2D eigenvalue weighted by atomic mass is 32.1. The summed E-state index contributed by atoms with van der Waals surface area (Å²) in [5, 5.41) is 16.1. The zero-order valence-electron chi connectivity index (χ0n) is 11.9. The van der Waals surface area contributed by atoms with E-state index in [1.165, 1.54) is 11.3 Å². The summed E-state index contributed by atoms with van der Waals surface area (Å²) < 4.78 is 0. The molecule has 1 atom stereocenters. The first-order valence-electron chi connectivity index (χ1n) is 6.88. The van der Waals surface area contributed by atoms with E-state index in [0.717, 1.165) is 17.2 Å². The van der Waals surface area contributed by atoms with Gasteiger partial charge in [0.1, 0.15) is 4.88 Å². The molecule has 0 radical (unpaired) electrons. The molecule has 21 heavy (non-hydrogen) atoms. The smallest absolute Gasteiger partial charge is 0.263 e. The molecule has 0 aliphatic carbocycles. The lowest BCUT2D eigenvalue weighted by atomic mass is 10.1. The normalized spacial score (nSPS) is 11.9. The Kier molecular flexibility index (Phi) is 5.71. The van der Waals surface area contributed by atoms with Gasteiger partial charge in [0.25, 0.3) is 5.91 Å². The minimum atomic E-state index is -0.301. The zero-order chi connectivity index (χ0) is 15.1. The van der Waals surface area contributed by atoms with E-state index in [0.29, 0.717) is 11.3 Å². The third-order valence-electron chi connectivity index (χ3n) is 2.94. The first kappa shape index (κ1) is 15.5. The summed E-state index contributed by atoms with van der Waals surface area (Å²) in [6, 6.07) is 9.48. The Morgan fingerprint density at radius 2 is 2.14 bits per heavy atom. The monoisotopic (exact) mass is 305 g/mol. The van der Waals surface area contributed by atoms with Crippen LogP contribution in [-0.2, 0) is 6.42 Å². The van der Waals surface area contributed by atoms with Crippen LogP contribution in [0.15, 0.2) is 36.5 Å². The van der Waals surface area contributed by atoms with Crippen molar-refractivity contribution in [3.63, 3.8) is 0 Å². The Balaban J connectivity index is 1.95. The fraction of sp³-hybridized carbons (Fsp3) is 0.333. The summed E-state index contributed by atoms with van der Waals surface area (Å²) >= 11 is 1.31. The number of rotatable bonds is 7. The molecule has 5 nitrogen and oxygen atoms in total. The standard InChI is InChI=1S/C15H19N3O2S/c1-2-16-15-17-9-13(21-15)14(20)18-12(10-19)8-11-6-4-3-5-7-11/h3-7,9,12,19H,2,8,10H2,1H3,(H,16,17)(H,18,20). The predicted molar refractivity (Wildman–Crippen MR) is 84.8 cm³/mol. The quantitative estimate of drug-likeness (QED) is 0.730. The van der Waals surface area contributed by atoms with Gasteiger partial charge in [-0.25, -0.2) is 4.98 Å². The summed E-state index contributed by atoms with van der Waals surface area (Å²) in [7, 11) is 0. The van der Waals surface area contributed by atoms with E-state index in [2.05, 4.69) is 15.6 Å². The number of aliphatic hydroxyl groups excluding tert-OH is 1. The van der Waals surface area contributed by atoms with E-state index in [9.17, 15) is 9.90 Å². The van der Waals surface area contributed by atoms with Gasteiger partial charge in [-0.1, -0.05) is 41.7 Å². The molecule has 1 heterocycles. The Morgan fingerprint density at radius 1 is 1.38 bits per heavy atom. The van der Waals surface area contributed by atoms with Gasteiger partial charge >= 0.3 is 0 Å². The molecule has 2 aromatic rings. The Bertz CT molecular complexity index is 571. The van der Waals surface area contributed by atoms with Crippen LogP contribution in [0.5, 0.6) is 0 Å². The number of nitrogens with one attached hydrogen (secondary N) is 2. The van der Waals surface area contributed by atoms with Gasteiger partial charge in [-0.05, 0) is 18.9 Å². The highest BCUT2D eigenvalue weighted by Gasteiger charge is 2.16. The van der Waals surface area contributed by atoms with Crippen LogP contribution in [0, 0.1) is 0 Å². The number of aliphatic hydroxyl groups is 1. The molecule has 112 valence electrons. The van der Waals surface area contributed by atoms with Crippen LogP contribution in [0.2, 0.25) is 0 Å². The van der Waals surface area contributed by atoms with Crippen LogP contribution in [0.1, 0.15) is 22.2 Å². The van der Waals surface area contributed by atoms with Gasteiger partial charge in [-0.2, -0.15) is 0 Å². The topological polar surface area (TPSA) is 74.2 Å². The number of thiazole rings is 1. The van der Waals surface area contributed by atoms with E-state index in [-0.39, 0.29) is 18.6 Å². The molecule has 0 aliphatic heterocycles. The Labute approximate surface area is 128 Å². The molecule has 0 saturated carbocycles. The van der Waals surface area contributed by atoms with Crippen molar-refractivity contribution in [2.75, 3.05) is 18.5 Å². The molecule has 6 heteroatoms. The minimum absolute atomic E-state index is 0.0977. The number of hydrogen-bond acceptors (Lipinski definition) is 5. The molecular weight excluding hydrogens is 286 g/mol. The molecule has 0 saturated heterocycles. The minimum Gasteiger partial charge on any atom is -0.394 e. The van der Waals surface area contributed by atoms with Crippen LogP contribution in [0.4, 0.5) is 5.13 Å². The Hall–Kier alpha value is -1.92. The van der Waals surface area contributed by atoms with E-state index >= 15 is 0 Å². The molecule has 1 unspecified atom stereocenters. The SMILES string of the molecule is CCNc1ncc(C(=O)NC(CO)Cc2ccccc2)s1. The van der Waals surface area contributed by atoms with Crippen molar-refractivity contribution in [3.05, 3.63) is 47.0 Å². The first-order valence-corrected chi connectivity index (χ1v) is 7.70.